The summed E-state index contributed by atoms with van der Waals surface area (Å²) in [4.78, 5) is 11.5. The summed E-state index contributed by atoms with van der Waals surface area (Å²) >= 11 is 0. The van der Waals surface area contributed by atoms with Crippen LogP contribution in [0.4, 0.5) is 0 Å². The molecule has 20 heavy (non-hydrogen) atoms. The topological polar surface area (TPSA) is 30.7 Å². The van der Waals surface area contributed by atoms with Crippen molar-refractivity contribution in [3.63, 3.8) is 0 Å². The molecule has 3 nitrogen and oxygen atoms in total. The van der Waals surface area contributed by atoms with Gasteiger partial charge in [0.25, 0.3) is 0 Å². The second-order valence-corrected chi connectivity index (χ2v) is 4.84. The van der Waals surface area contributed by atoms with E-state index in [0.717, 1.165) is 11.1 Å². The zero-order chi connectivity index (χ0) is 14.1. The van der Waals surface area contributed by atoms with Gasteiger partial charge in [-0.1, -0.05) is 35.9 Å². The van der Waals surface area contributed by atoms with Crippen LogP contribution in [0.5, 0.6) is 0 Å². The summed E-state index contributed by atoms with van der Waals surface area (Å²) in [6, 6.07) is 14.2. The molecule has 0 N–H and O–H groups in total. The fourth-order valence-corrected chi connectivity index (χ4v) is 2.33. The third-order valence-electron chi connectivity index (χ3n) is 3.36. The average molecular weight is 265 g/mol. The van der Waals surface area contributed by atoms with Gasteiger partial charge in [0.05, 0.1) is 12.7 Å². The van der Waals surface area contributed by atoms with Crippen LogP contribution in [0.1, 0.15) is 15.9 Å². The molecule has 0 aliphatic carbocycles. The number of aryl methyl sites for hydroxylation is 1. The van der Waals surface area contributed by atoms with E-state index < -0.39 is 0 Å². The summed E-state index contributed by atoms with van der Waals surface area (Å²) in [6.07, 6.45) is 3.82. The molecule has 0 aliphatic rings. The van der Waals surface area contributed by atoms with Crippen LogP contribution in [0.2, 0.25) is 0 Å². The van der Waals surface area contributed by atoms with E-state index in [-0.39, 0.29) is 5.97 Å². The summed E-state index contributed by atoms with van der Waals surface area (Å²) in [5, 5.41) is 0. The van der Waals surface area contributed by atoms with Crippen molar-refractivity contribution >= 4 is 11.5 Å². The molecule has 0 aliphatic heterocycles. The monoisotopic (exact) mass is 265 g/mol. The first-order valence-electron chi connectivity index (χ1n) is 6.44. The van der Waals surface area contributed by atoms with Crippen LogP contribution < -0.4 is 0 Å². The average Bonchev–Trinajstić information content (AvgIpc) is 2.89. The van der Waals surface area contributed by atoms with Crippen molar-refractivity contribution in [1.82, 2.24) is 4.40 Å². The number of carbonyl (C=O) groups excluding carboxylic acids is 1. The molecular formula is C17H15NO2. The Morgan fingerprint density at radius 3 is 2.65 bits per heavy atom. The van der Waals surface area contributed by atoms with E-state index in [4.69, 9.17) is 4.74 Å². The highest BCUT2D eigenvalue weighted by Crippen LogP contribution is 2.22. The van der Waals surface area contributed by atoms with Crippen LogP contribution in [-0.2, 0) is 4.74 Å². The van der Waals surface area contributed by atoms with Crippen LogP contribution in [0, 0.1) is 6.92 Å². The van der Waals surface area contributed by atoms with E-state index in [0.29, 0.717) is 5.56 Å². The molecule has 3 heteroatoms. The SMILES string of the molecule is COC(=O)c1cc2ccc(-c3cccc(C)c3)cn2c1. The zero-order valence-electron chi connectivity index (χ0n) is 11.5. The van der Waals surface area contributed by atoms with Crippen LogP contribution >= 0.6 is 0 Å². The summed E-state index contributed by atoms with van der Waals surface area (Å²) < 4.78 is 6.69. The Morgan fingerprint density at radius 1 is 1.05 bits per heavy atom. The van der Waals surface area contributed by atoms with Crippen molar-refractivity contribution in [1.29, 1.82) is 0 Å². The molecule has 0 unspecified atom stereocenters. The summed E-state index contributed by atoms with van der Waals surface area (Å²) in [5.74, 6) is -0.314. The van der Waals surface area contributed by atoms with Crippen molar-refractivity contribution in [2.45, 2.75) is 6.92 Å². The molecule has 2 heterocycles. The van der Waals surface area contributed by atoms with Crippen molar-refractivity contribution < 1.29 is 9.53 Å². The molecule has 0 atom stereocenters. The summed E-state index contributed by atoms with van der Waals surface area (Å²) in [7, 11) is 1.39. The quantitative estimate of drug-likeness (QED) is 0.661. The fourth-order valence-electron chi connectivity index (χ4n) is 2.33. The molecule has 0 saturated carbocycles. The third-order valence-corrected chi connectivity index (χ3v) is 3.36. The normalized spacial score (nSPS) is 10.7. The van der Waals surface area contributed by atoms with Crippen LogP contribution in [0.15, 0.2) is 54.9 Å². The van der Waals surface area contributed by atoms with Gasteiger partial charge in [0.1, 0.15) is 0 Å². The maximum atomic E-state index is 11.5. The van der Waals surface area contributed by atoms with Gasteiger partial charge in [0, 0.05) is 17.9 Å². The minimum absolute atomic E-state index is 0.314. The number of methoxy groups -OCH3 is 1. The molecule has 0 bridgehead atoms. The van der Waals surface area contributed by atoms with Crippen molar-refractivity contribution in [2.24, 2.45) is 0 Å². The Morgan fingerprint density at radius 2 is 1.90 bits per heavy atom. The maximum Gasteiger partial charge on any atom is 0.339 e. The van der Waals surface area contributed by atoms with E-state index in [1.165, 1.54) is 18.2 Å². The standard InChI is InChI=1S/C17H15NO2/c1-12-4-3-5-13(8-12)14-6-7-16-9-15(17(19)20-2)11-18(16)10-14/h3-11H,1-2H3. The number of fused-ring (bicyclic) bond motifs is 1. The lowest BCUT2D eigenvalue weighted by Gasteiger charge is -2.04. The number of ether oxygens (including phenoxy) is 1. The minimum Gasteiger partial charge on any atom is -0.465 e. The Hall–Kier alpha value is -2.55. The number of rotatable bonds is 2. The number of carbonyl (C=O) groups is 1. The fraction of sp³-hybridized carbons (Fsp3) is 0.118. The van der Waals surface area contributed by atoms with Gasteiger partial charge in [-0.3, -0.25) is 0 Å². The highest BCUT2D eigenvalue weighted by Gasteiger charge is 2.09. The van der Waals surface area contributed by atoms with E-state index >= 15 is 0 Å². The van der Waals surface area contributed by atoms with E-state index in [1.807, 2.05) is 28.8 Å². The maximum absolute atomic E-state index is 11.5. The number of benzene rings is 1. The molecule has 2 aromatic heterocycles. The van der Waals surface area contributed by atoms with Gasteiger partial charge in [-0.15, -0.1) is 0 Å². The summed E-state index contributed by atoms with van der Waals surface area (Å²) in [5.41, 5.74) is 5.05. The van der Waals surface area contributed by atoms with Crippen molar-refractivity contribution in [3.8, 4) is 11.1 Å². The first kappa shape index (κ1) is 12.5. The molecule has 3 aromatic rings. The van der Waals surface area contributed by atoms with E-state index in [9.17, 15) is 4.79 Å². The van der Waals surface area contributed by atoms with E-state index in [2.05, 4.69) is 31.2 Å². The van der Waals surface area contributed by atoms with Gasteiger partial charge < -0.3 is 9.14 Å². The number of nitrogens with zero attached hydrogens (tertiary/aromatic N) is 1. The molecule has 1 aromatic carbocycles. The number of hydrogen-bond donors (Lipinski definition) is 0. The summed E-state index contributed by atoms with van der Waals surface area (Å²) in [6.45, 7) is 2.08. The van der Waals surface area contributed by atoms with E-state index in [1.54, 1.807) is 6.20 Å². The molecule has 0 saturated heterocycles. The number of esters is 1. The predicted molar refractivity (Wildman–Crippen MR) is 78.9 cm³/mol. The largest absolute Gasteiger partial charge is 0.465 e. The van der Waals surface area contributed by atoms with Gasteiger partial charge in [-0.05, 0) is 30.2 Å². The minimum atomic E-state index is -0.314. The van der Waals surface area contributed by atoms with Gasteiger partial charge >= 0.3 is 5.97 Å². The lowest BCUT2D eigenvalue weighted by atomic mass is 10.1. The third kappa shape index (κ3) is 2.18. The first-order chi connectivity index (χ1) is 9.67. The molecule has 0 amide bonds. The predicted octanol–water partition coefficient (Wildman–Crippen LogP) is 3.70. The Kier molecular flexibility index (Phi) is 3.03. The van der Waals surface area contributed by atoms with Gasteiger partial charge in [-0.25, -0.2) is 4.79 Å². The van der Waals surface area contributed by atoms with Gasteiger partial charge in [0.2, 0.25) is 0 Å². The molecule has 0 radical (unpaired) electrons. The van der Waals surface area contributed by atoms with Gasteiger partial charge in [0.15, 0.2) is 0 Å². The highest BCUT2D eigenvalue weighted by molar-refractivity contribution is 5.91. The Labute approximate surface area is 117 Å². The first-order valence-corrected chi connectivity index (χ1v) is 6.44. The number of hydrogen-bond acceptors (Lipinski definition) is 2. The second kappa shape index (κ2) is 4.85. The van der Waals surface area contributed by atoms with Gasteiger partial charge in [-0.2, -0.15) is 0 Å². The van der Waals surface area contributed by atoms with Crippen LogP contribution in [-0.4, -0.2) is 17.5 Å². The molecule has 0 fully saturated rings. The molecule has 0 spiro atoms. The Balaban J connectivity index is 2.08. The smallest absolute Gasteiger partial charge is 0.339 e. The molecular weight excluding hydrogens is 250 g/mol. The van der Waals surface area contributed by atoms with Crippen LogP contribution in [0.3, 0.4) is 0 Å². The number of aromatic nitrogens is 1. The lowest BCUT2D eigenvalue weighted by molar-refractivity contribution is 0.0601. The highest BCUT2D eigenvalue weighted by atomic mass is 16.5. The van der Waals surface area contributed by atoms with Crippen LogP contribution in [0.25, 0.3) is 16.6 Å². The zero-order valence-corrected chi connectivity index (χ0v) is 11.5. The molecule has 3 rings (SSSR count). The van der Waals surface area contributed by atoms with Crippen molar-refractivity contribution in [2.75, 3.05) is 7.11 Å². The lowest BCUT2D eigenvalue weighted by Crippen LogP contribution is -1.98. The molecule has 100 valence electrons. The van der Waals surface area contributed by atoms with Crippen molar-refractivity contribution in [3.05, 3.63) is 66.0 Å². The number of pyridine rings is 1. The Bertz CT molecular complexity index is 787. The second-order valence-electron chi connectivity index (χ2n) is 4.84.